The Labute approximate surface area is 140 Å². The van der Waals surface area contributed by atoms with Gasteiger partial charge in [-0.3, -0.25) is 4.79 Å². The molecule has 6 nitrogen and oxygen atoms in total. The van der Waals surface area contributed by atoms with Gasteiger partial charge in [0.15, 0.2) is 0 Å². The Hall–Kier alpha value is -1.58. The highest BCUT2D eigenvalue weighted by Gasteiger charge is 2.38. The number of benzene rings is 1. The van der Waals surface area contributed by atoms with E-state index < -0.39 is 41.0 Å². The first-order valence-electron chi connectivity index (χ1n) is 7.70. The van der Waals surface area contributed by atoms with Crippen molar-refractivity contribution in [3.63, 3.8) is 0 Å². The molecule has 1 fully saturated rings. The molecular formula is C15H21F2N3O3S. The van der Waals surface area contributed by atoms with E-state index in [0.717, 1.165) is 4.31 Å². The summed E-state index contributed by atoms with van der Waals surface area (Å²) < 4.78 is 53.0. The number of sulfonamides is 1. The fraction of sp³-hybridized carbons (Fsp3) is 0.533. The molecule has 3 N–H and O–H groups in total. The van der Waals surface area contributed by atoms with Crippen molar-refractivity contribution in [2.45, 2.75) is 36.1 Å². The zero-order chi connectivity index (χ0) is 17.8. The lowest BCUT2D eigenvalue weighted by atomic mass is 10.0. The van der Waals surface area contributed by atoms with Crippen LogP contribution in [0.3, 0.4) is 0 Å². The Kier molecular flexibility index (Phi) is 5.89. The van der Waals surface area contributed by atoms with Crippen molar-refractivity contribution in [3.05, 3.63) is 30.3 Å². The smallest absolute Gasteiger partial charge is 0.277 e. The summed E-state index contributed by atoms with van der Waals surface area (Å²) >= 11 is 0. The van der Waals surface area contributed by atoms with Crippen LogP contribution in [0, 0.1) is 0 Å². The summed E-state index contributed by atoms with van der Waals surface area (Å²) in [6.07, 6.45) is 1.58. The molecule has 0 aromatic heterocycles. The number of nitrogens with zero attached hydrogens (tertiary/aromatic N) is 1. The number of nitrogens with one attached hydrogen (secondary N) is 1. The molecular weight excluding hydrogens is 340 g/mol. The number of carbonyl (C=O) groups is 1. The van der Waals surface area contributed by atoms with Gasteiger partial charge in [0, 0.05) is 6.54 Å². The maximum Gasteiger partial charge on any atom is 0.277 e. The monoisotopic (exact) mass is 361 g/mol. The minimum Gasteiger partial charge on any atom is -0.349 e. The predicted molar refractivity (Wildman–Crippen MR) is 85.0 cm³/mol. The summed E-state index contributed by atoms with van der Waals surface area (Å²) in [5.41, 5.74) is 4.94. The van der Waals surface area contributed by atoms with E-state index in [1.165, 1.54) is 12.1 Å². The van der Waals surface area contributed by atoms with Crippen molar-refractivity contribution in [2.75, 3.05) is 19.6 Å². The molecule has 134 valence electrons. The molecule has 1 aromatic carbocycles. The fourth-order valence-corrected chi connectivity index (χ4v) is 4.27. The predicted octanol–water partition coefficient (Wildman–Crippen LogP) is 0.940. The third-order valence-electron chi connectivity index (χ3n) is 3.93. The number of amides is 1. The van der Waals surface area contributed by atoms with E-state index in [4.69, 9.17) is 5.73 Å². The van der Waals surface area contributed by atoms with Crippen molar-refractivity contribution in [1.29, 1.82) is 0 Å². The standard InChI is InChI=1S/C15H21F2N3O3S/c16-15(17,10-18)11-19-14(21)13-8-4-5-9-20(13)24(22,23)12-6-2-1-3-7-12/h1-3,6-7,13H,4-5,8-11,18H2,(H,19,21). The number of halogens is 2. The number of nitrogens with two attached hydrogens (primary N) is 1. The first-order valence-corrected chi connectivity index (χ1v) is 9.14. The Morgan fingerprint density at radius 1 is 1.29 bits per heavy atom. The van der Waals surface area contributed by atoms with Gasteiger partial charge in [0.25, 0.3) is 5.92 Å². The molecule has 9 heteroatoms. The molecule has 1 atom stereocenters. The lowest BCUT2D eigenvalue weighted by Gasteiger charge is -2.33. The molecule has 24 heavy (non-hydrogen) atoms. The number of piperidine rings is 1. The van der Waals surface area contributed by atoms with Gasteiger partial charge < -0.3 is 11.1 Å². The second kappa shape index (κ2) is 7.54. The number of alkyl halides is 2. The summed E-state index contributed by atoms with van der Waals surface area (Å²) in [5, 5.41) is 2.12. The number of hydrogen-bond donors (Lipinski definition) is 2. The Balaban J connectivity index is 2.17. The van der Waals surface area contributed by atoms with Gasteiger partial charge in [-0.15, -0.1) is 0 Å². The number of carbonyl (C=O) groups excluding carboxylic acids is 1. The summed E-state index contributed by atoms with van der Waals surface area (Å²) in [5.74, 6) is -3.93. The van der Waals surface area contributed by atoms with Crippen LogP contribution in [0.25, 0.3) is 0 Å². The van der Waals surface area contributed by atoms with Gasteiger partial charge in [-0.05, 0) is 25.0 Å². The van der Waals surface area contributed by atoms with Crippen LogP contribution in [0.15, 0.2) is 35.2 Å². The lowest BCUT2D eigenvalue weighted by molar-refractivity contribution is -0.127. The van der Waals surface area contributed by atoms with Crippen LogP contribution in [-0.2, 0) is 14.8 Å². The molecule has 0 saturated carbocycles. The maximum absolute atomic E-state index is 13.2. The number of rotatable bonds is 6. The van der Waals surface area contributed by atoms with Crippen LogP contribution < -0.4 is 11.1 Å². The second-order valence-electron chi connectivity index (χ2n) is 5.72. The molecule has 1 heterocycles. The maximum atomic E-state index is 13.2. The van der Waals surface area contributed by atoms with E-state index in [9.17, 15) is 22.0 Å². The largest absolute Gasteiger partial charge is 0.349 e. The highest BCUT2D eigenvalue weighted by molar-refractivity contribution is 7.89. The van der Waals surface area contributed by atoms with Crippen LogP contribution >= 0.6 is 0 Å². The third kappa shape index (κ3) is 4.28. The van der Waals surface area contributed by atoms with Gasteiger partial charge in [0.1, 0.15) is 6.04 Å². The van der Waals surface area contributed by atoms with Gasteiger partial charge in [0.05, 0.1) is 18.0 Å². The topological polar surface area (TPSA) is 92.5 Å². The molecule has 1 aliphatic rings. The molecule has 1 saturated heterocycles. The highest BCUT2D eigenvalue weighted by atomic mass is 32.2. The minimum atomic E-state index is -3.86. The Morgan fingerprint density at radius 3 is 2.58 bits per heavy atom. The van der Waals surface area contributed by atoms with E-state index in [1.54, 1.807) is 18.2 Å². The first-order chi connectivity index (χ1) is 11.3. The van der Waals surface area contributed by atoms with E-state index in [-0.39, 0.29) is 11.4 Å². The molecule has 0 bridgehead atoms. The van der Waals surface area contributed by atoms with Crippen molar-refractivity contribution in [1.82, 2.24) is 9.62 Å². The zero-order valence-electron chi connectivity index (χ0n) is 13.1. The van der Waals surface area contributed by atoms with E-state index in [1.807, 2.05) is 0 Å². The van der Waals surface area contributed by atoms with Gasteiger partial charge in [-0.1, -0.05) is 24.6 Å². The quantitative estimate of drug-likeness (QED) is 0.789. The first kappa shape index (κ1) is 18.8. The molecule has 2 rings (SSSR count). The Morgan fingerprint density at radius 2 is 1.96 bits per heavy atom. The SMILES string of the molecule is NCC(F)(F)CNC(=O)C1CCCCN1S(=O)(=O)c1ccccc1. The van der Waals surface area contributed by atoms with Gasteiger partial charge >= 0.3 is 0 Å². The van der Waals surface area contributed by atoms with Gasteiger partial charge in [0.2, 0.25) is 15.9 Å². The normalized spacial score (nSPS) is 19.9. The van der Waals surface area contributed by atoms with E-state index >= 15 is 0 Å². The Bertz CT molecular complexity index is 668. The van der Waals surface area contributed by atoms with Gasteiger partial charge in [-0.25, -0.2) is 17.2 Å². The van der Waals surface area contributed by atoms with E-state index in [0.29, 0.717) is 19.3 Å². The third-order valence-corrected chi connectivity index (χ3v) is 5.85. The van der Waals surface area contributed by atoms with Crippen LogP contribution in [0.2, 0.25) is 0 Å². The lowest BCUT2D eigenvalue weighted by Crippen LogP contribution is -2.53. The van der Waals surface area contributed by atoms with Crippen molar-refractivity contribution < 1.29 is 22.0 Å². The highest BCUT2D eigenvalue weighted by Crippen LogP contribution is 2.25. The molecule has 0 radical (unpaired) electrons. The summed E-state index contributed by atoms with van der Waals surface area (Å²) in [4.78, 5) is 12.3. The molecule has 1 aliphatic heterocycles. The average molecular weight is 361 g/mol. The summed E-state index contributed by atoms with van der Waals surface area (Å²) in [6, 6.07) is 6.77. The van der Waals surface area contributed by atoms with E-state index in [2.05, 4.69) is 5.32 Å². The van der Waals surface area contributed by atoms with Crippen molar-refractivity contribution in [2.24, 2.45) is 5.73 Å². The van der Waals surface area contributed by atoms with Crippen LogP contribution in [0.5, 0.6) is 0 Å². The van der Waals surface area contributed by atoms with Crippen molar-refractivity contribution >= 4 is 15.9 Å². The van der Waals surface area contributed by atoms with Crippen molar-refractivity contribution in [3.8, 4) is 0 Å². The molecule has 1 amide bonds. The summed E-state index contributed by atoms with van der Waals surface area (Å²) in [6.45, 7) is -1.61. The van der Waals surface area contributed by atoms with Crippen LogP contribution in [0.1, 0.15) is 19.3 Å². The summed E-state index contributed by atoms with van der Waals surface area (Å²) in [7, 11) is -3.86. The number of hydrogen-bond acceptors (Lipinski definition) is 4. The molecule has 0 spiro atoms. The van der Waals surface area contributed by atoms with Crippen LogP contribution in [-0.4, -0.2) is 50.2 Å². The zero-order valence-corrected chi connectivity index (χ0v) is 13.9. The molecule has 1 unspecified atom stereocenters. The fourth-order valence-electron chi connectivity index (χ4n) is 2.59. The average Bonchev–Trinajstić information content (AvgIpc) is 2.60. The minimum absolute atomic E-state index is 0.0805. The van der Waals surface area contributed by atoms with Gasteiger partial charge in [-0.2, -0.15) is 4.31 Å². The molecule has 0 aliphatic carbocycles. The second-order valence-corrected chi connectivity index (χ2v) is 7.61. The molecule has 1 aromatic rings. The van der Waals surface area contributed by atoms with Crippen LogP contribution in [0.4, 0.5) is 8.78 Å².